The monoisotopic (exact) mass is 801 g/mol. The molecule has 332 valence electrons. The molecule has 8 rings (SSSR count). The summed E-state index contributed by atoms with van der Waals surface area (Å²) in [5.41, 5.74) is 5.17. The smallest absolute Gasteiger partial charge is 0.0577 e. The van der Waals surface area contributed by atoms with Crippen molar-refractivity contribution in [3.63, 3.8) is 0 Å². The zero-order chi connectivity index (χ0) is 41.9. The summed E-state index contributed by atoms with van der Waals surface area (Å²) in [6, 6.07) is 0. The molecular formula is C56H96O2. The van der Waals surface area contributed by atoms with Crippen LogP contribution in [0.25, 0.3) is 0 Å². The van der Waals surface area contributed by atoms with E-state index in [0.717, 1.165) is 109 Å². The fraction of sp³-hybridized carbons (Fsp3) is 0.929. The summed E-state index contributed by atoms with van der Waals surface area (Å²) in [4.78, 5) is 0. The molecule has 0 radical (unpaired) electrons. The predicted octanol–water partition coefficient (Wildman–Crippen LogP) is 15.3. The number of fused-ring (bicyclic) bond motifs is 10. The molecule has 0 saturated heterocycles. The first-order valence-electron chi connectivity index (χ1n) is 26.1. The summed E-state index contributed by atoms with van der Waals surface area (Å²) in [6.07, 6.45) is 31.4. The van der Waals surface area contributed by atoms with Gasteiger partial charge in [0.2, 0.25) is 0 Å². The van der Waals surface area contributed by atoms with E-state index in [-0.39, 0.29) is 12.2 Å². The molecule has 2 heteroatoms. The lowest BCUT2D eigenvalue weighted by atomic mass is 9.47. The molecule has 8 aliphatic carbocycles. The molecule has 2 nitrogen and oxygen atoms in total. The third kappa shape index (κ3) is 8.20. The second-order valence-corrected chi connectivity index (χ2v) is 25.3. The topological polar surface area (TPSA) is 40.5 Å². The molecule has 0 heterocycles. The highest BCUT2D eigenvalue weighted by Gasteiger charge is 2.60. The van der Waals surface area contributed by atoms with Gasteiger partial charge in [0.25, 0.3) is 0 Å². The van der Waals surface area contributed by atoms with Gasteiger partial charge in [0.15, 0.2) is 0 Å². The van der Waals surface area contributed by atoms with Crippen LogP contribution in [0.1, 0.15) is 212 Å². The number of hydrogen-bond donors (Lipinski definition) is 2. The highest BCUT2D eigenvalue weighted by Crippen LogP contribution is 2.69. The molecule has 2 N–H and O–H groups in total. The van der Waals surface area contributed by atoms with Crippen LogP contribution in [0.4, 0.5) is 0 Å². The maximum absolute atomic E-state index is 10.2. The zero-order valence-electron chi connectivity index (χ0n) is 40.4. The average Bonchev–Trinajstić information content (AvgIpc) is 3.73. The van der Waals surface area contributed by atoms with Crippen LogP contribution in [0.15, 0.2) is 23.3 Å². The molecule has 0 spiro atoms. The molecule has 8 aliphatic rings. The summed E-state index contributed by atoms with van der Waals surface area (Å²) in [7, 11) is 0. The van der Waals surface area contributed by atoms with Gasteiger partial charge in [0.05, 0.1) is 12.2 Å². The van der Waals surface area contributed by atoms with Crippen LogP contribution < -0.4 is 0 Å². The molecule has 0 aromatic heterocycles. The maximum atomic E-state index is 10.2. The minimum Gasteiger partial charge on any atom is -0.393 e. The Morgan fingerprint density at radius 2 is 0.862 bits per heavy atom. The zero-order valence-corrected chi connectivity index (χ0v) is 40.4. The van der Waals surface area contributed by atoms with Gasteiger partial charge in [-0.05, 0) is 207 Å². The average molecular weight is 801 g/mol. The molecule has 18 atom stereocenters. The van der Waals surface area contributed by atoms with Crippen molar-refractivity contribution in [2.24, 2.45) is 105 Å². The summed E-state index contributed by atoms with van der Waals surface area (Å²) in [5, 5.41) is 20.5. The van der Waals surface area contributed by atoms with Crippen molar-refractivity contribution in [2.75, 3.05) is 0 Å². The van der Waals surface area contributed by atoms with Gasteiger partial charge in [-0.2, -0.15) is 0 Å². The summed E-state index contributed by atoms with van der Waals surface area (Å²) in [6.45, 7) is 30.1. The van der Waals surface area contributed by atoms with E-state index in [0.29, 0.717) is 21.7 Å². The molecule has 0 amide bonds. The summed E-state index contributed by atoms with van der Waals surface area (Å²) < 4.78 is 0. The number of hydrogen-bond acceptors (Lipinski definition) is 2. The summed E-state index contributed by atoms with van der Waals surface area (Å²) in [5.74, 6) is 12.5. The van der Waals surface area contributed by atoms with Gasteiger partial charge in [-0.15, -0.1) is 0 Å². The third-order valence-corrected chi connectivity index (χ3v) is 22.1. The van der Waals surface area contributed by atoms with Crippen molar-refractivity contribution in [3.8, 4) is 0 Å². The van der Waals surface area contributed by atoms with E-state index < -0.39 is 0 Å². The Morgan fingerprint density at radius 3 is 1.22 bits per heavy atom. The van der Waals surface area contributed by atoms with Crippen molar-refractivity contribution in [2.45, 2.75) is 224 Å². The van der Waals surface area contributed by atoms with E-state index in [1.165, 1.54) is 103 Å². The van der Waals surface area contributed by atoms with Crippen LogP contribution in [0, 0.1) is 105 Å². The molecule has 0 aliphatic heterocycles. The van der Waals surface area contributed by atoms with Gasteiger partial charge in [-0.3, -0.25) is 0 Å². The highest BCUT2D eigenvalue weighted by molar-refractivity contribution is 5.27. The van der Waals surface area contributed by atoms with Crippen LogP contribution >= 0.6 is 0 Å². The maximum Gasteiger partial charge on any atom is 0.0577 e. The molecule has 6 saturated carbocycles. The molecule has 0 bridgehead atoms. The lowest BCUT2D eigenvalue weighted by Crippen LogP contribution is -2.50. The first kappa shape index (κ1) is 45.4. The lowest BCUT2D eigenvalue weighted by molar-refractivity contribution is -0.0575. The largest absolute Gasteiger partial charge is 0.393 e. The van der Waals surface area contributed by atoms with Gasteiger partial charge in [0.1, 0.15) is 0 Å². The van der Waals surface area contributed by atoms with Crippen molar-refractivity contribution < 1.29 is 10.2 Å². The molecule has 1 unspecified atom stereocenters. The fourth-order valence-corrected chi connectivity index (χ4v) is 17.4. The fourth-order valence-electron chi connectivity index (χ4n) is 17.4. The van der Waals surface area contributed by atoms with Crippen molar-refractivity contribution in [1.29, 1.82) is 0 Å². The standard InChI is InChI=1S/2C28H48O/c2*1-18(2)19(3)7-8-20(4)24-11-12-25-23-10-9-21-17-22(29)13-15-27(21,5)26(23)14-16-28(24,25)6/h2*9,18-20,22-26,29H,7-8,10-17H2,1-6H3/t19?,20-,22+,23+,24-,25+,26+,27+,28-;19-,20-,22+,23+,24-,25+,26+,27+,28-/m11/s1. The summed E-state index contributed by atoms with van der Waals surface area (Å²) >= 11 is 0. The second-order valence-electron chi connectivity index (χ2n) is 25.3. The minimum absolute atomic E-state index is 0.0790. The second kappa shape index (κ2) is 17.5. The van der Waals surface area contributed by atoms with E-state index in [4.69, 9.17) is 0 Å². The normalized spacial score (nSPS) is 46.5. The van der Waals surface area contributed by atoms with Crippen molar-refractivity contribution >= 4 is 0 Å². The quantitative estimate of drug-likeness (QED) is 0.216. The molecule has 6 fully saturated rings. The van der Waals surface area contributed by atoms with Gasteiger partial charge in [-0.1, -0.05) is 132 Å². The minimum atomic E-state index is -0.0790. The molecular weight excluding hydrogens is 705 g/mol. The molecule has 0 aromatic rings. The van der Waals surface area contributed by atoms with E-state index in [9.17, 15) is 10.2 Å². The van der Waals surface area contributed by atoms with Gasteiger partial charge >= 0.3 is 0 Å². The Hall–Kier alpha value is -0.600. The Kier molecular flexibility index (Phi) is 13.7. The van der Waals surface area contributed by atoms with Gasteiger partial charge in [-0.25, -0.2) is 0 Å². The van der Waals surface area contributed by atoms with Gasteiger partial charge < -0.3 is 10.2 Å². The molecule has 0 aromatic carbocycles. The Labute approximate surface area is 360 Å². The Morgan fingerprint density at radius 1 is 0.483 bits per heavy atom. The first-order valence-corrected chi connectivity index (χ1v) is 26.1. The number of rotatable bonds is 10. The highest BCUT2D eigenvalue weighted by atomic mass is 16.3. The van der Waals surface area contributed by atoms with Crippen LogP contribution in [0.5, 0.6) is 0 Å². The number of allylic oxidation sites excluding steroid dienone is 2. The van der Waals surface area contributed by atoms with Crippen molar-refractivity contribution in [1.82, 2.24) is 0 Å². The van der Waals surface area contributed by atoms with Crippen LogP contribution in [-0.4, -0.2) is 22.4 Å². The Balaban J connectivity index is 0.000000177. The Bertz CT molecular complexity index is 1350. The van der Waals surface area contributed by atoms with E-state index in [1.54, 1.807) is 11.1 Å². The van der Waals surface area contributed by atoms with Crippen molar-refractivity contribution in [3.05, 3.63) is 23.3 Å². The predicted molar refractivity (Wildman–Crippen MR) is 247 cm³/mol. The van der Waals surface area contributed by atoms with E-state index in [1.807, 2.05) is 0 Å². The first-order chi connectivity index (χ1) is 27.3. The SMILES string of the molecule is CC(C)C(C)CC[C@@H](C)[C@H]1CC[C@H]2[C@@H]3CC=C4C[C@@H](O)CC[C@]4(C)[C@H]3CC[C@]12C.CC(C)[C@H](C)CC[C@@H](C)[C@H]1CC[C@H]2[C@@H]3CC=C4C[C@@H](O)CC[C@]4(C)[C@H]3CC[C@]12C. The van der Waals surface area contributed by atoms with Crippen LogP contribution in [0.3, 0.4) is 0 Å². The van der Waals surface area contributed by atoms with Crippen LogP contribution in [-0.2, 0) is 0 Å². The van der Waals surface area contributed by atoms with E-state index in [2.05, 4.69) is 95.2 Å². The number of aliphatic hydroxyl groups excluding tert-OH is 2. The van der Waals surface area contributed by atoms with Crippen LogP contribution in [0.2, 0.25) is 0 Å². The lowest BCUT2D eigenvalue weighted by Gasteiger charge is -2.58. The number of aliphatic hydroxyl groups is 2. The third-order valence-electron chi connectivity index (χ3n) is 22.1. The van der Waals surface area contributed by atoms with E-state index >= 15 is 0 Å². The van der Waals surface area contributed by atoms with Gasteiger partial charge in [0, 0.05) is 0 Å². The molecule has 58 heavy (non-hydrogen) atoms.